The second-order valence-corrected chi connectivity index (χ2v) is 7.21. The molecule has 29 heavy (non-hydrogen) atoms. The molecule has 1 N–H and O–H groups in total. The van der Waals surface area contributed by atoms with Gasteiger partial charge in [-0.1, -0.05) is 65.3 Å². The van der Waals surface area contributed by atoms with Crippen LogP contribution >= 0.6 is 0 Å². The van der Waals surface area contributed by atoms with E-state index in [0.717, 1.165) is 6.42 Å². The summed E-state index contributed by atoms with van der Waals surface area (Å²) in [6.07, 6.45) is 1.95. The van der Waals surface area contributed by atoms with E-state index in [1.165, 1.54) is 22.0 Å². The number of carbonyl (C=O) groups excluding carboxylic acids is 1. The summed E-state index contributed by atoms with van der Waals surface area (Å²) in [5, 5.41) is 2.41. The molecule has 3 aromatic rings. The maximum atomic E-state index is 12.6. The van der Waals surface area contributed by atoms with E-state index in [-0.39, 0.29) is 24.5 Å². The molecule has 0 spiro atoms. The zero-order valence-electron chi connectivity index (χ0n) is 16.1. The topological polar surface area (TPSA) is 79.4 Å². The summed E-state index contributed by atoms with van der Waals surface area (Å²) in [5.41, 5.74) is 1.96. The zero-order valence-corrected chi connectivity index (χ0v) is 16.1. The number of hydrogen-bond acceptors (Lipinski definition) is 4. The predicted molar refractivity (Wildman–Crippen MR) is 105 cm³/mol. The molecule has 0 saturated carbocycles. The van der Waals surface area contributed by atoms with Crippen LogP contribution in [0, 0.1) is 0 Å². The van der Waals surface area contributed by atoms with E-state index in [1.54, 1.807) is 4.90 Å². The average molecular weight is 394 g/mol. The standard InChI is InChI=1S/C22H23N3O4/c26-21(15-25-16-22(27)29-23-25)24-11-12-28-19(14-24)13-20(17-7-3-1-4-8-17)18-9-5-2-6-10-18/h1-10,16,19-20H,11-15H2/p+1/t19-/m1/s1. The second kappa shape index (κ2) is 8.87. The summed E-state index contributed by atoms with van der Waals surface area (Å²) in [5.74, 6) is 0.119. The monoisotopic (exact) mass is 394 g/mol. The first kappa shape index (κ1) is 19.1. The lowest BCUT2D eigenvalue weighted by atomic mass is 9.86. The van der Waals surface area contributed by atoms with Crippen LogP contribution in [0.2, 0.25) is 0 Å². The first-order chi connectivity index (χ1) is 14.2. The van der Waals surface area contributed by atoms with E-state index in [2.05, 4.69) is 34.1 Å². The molecular weight excluding hydrogens is 370 g/mol. The van der Waals surface area contributed by atoms with Crippen LogP contribution in [-0.2, 0) is 16.1 Å². The lowest BCUT2D eigenvalue weighted by Gasteiger charge is -2.34. The SMILES string of the molecule is O=C(C[n+]1cc(=O)o[nH]1)N1CCO[C@H](CC(c2ccccc2)c2ccccc2)C1. The molecule has 2 heterocycles. The van der Waals surface area contributed by atoms with Crippen molar-refractivity contribution in [1.29, 1.82) is 0 Å². The van der Waals surface area contributed by atoms with Crippen molar-refractivity contribution in [3.63, 3.8) is 0 Å². The van der Waals surface area contributed by atoms with Crippen LogP contribution in [0.4, 0.5) is 0 Å². The number of ether oxygens (including phenoxy) is 1. The number of hydrogen-bond donors (Lipinski definition) is 1. The zero-order chi connectivity index (χ0) is 20.1. The fraction of sp³-hybridized carbons (Fsp3) is 0.318. The lowest BCUT2D eigenvalue weighted by Crippen LogP contribution is -2.51. The Balaban J connectivity index is 1.46. The van der Waals surface area contributed by atoms with Gasteiger partial charge in [0.2, 0.25) is 0 Å². The van der Waals surface area contributed by atoms with Crippen LogP contribution in [0.5, 0.6) is 0 Å². The van der Waals surface area contributed by atoms with Gasteiger partial charge in [-0.2, -0.15) is 0 Å². The van der Waals surface area contributed by atoms with Gasteiger partial charge in [0, 0.05) is 19.0 Å². The number of carbonyl (C=O) groups is 1. The summed E-state index contributed by atoms with van der Waals surface area (Å²) < 4.78 is 12.0. The molecule has 4 rings (SSSR count). The Bertz CT molecular complexity index is 944. The predicted octanol–water partition coefficient (Wildman–Crippen LogP) is 1.71. The van der Waals surface area contributed by atoms with Crippen molar-refractivity contribution < 1.29 is 18.7 Å². The van der Waals surface area contributed by atoms with Gasteiger partial charge in [-0.3, -0.25) is 9.32 Å². The Morgan fingerprint density at radius 1 is 1.10 bits per heavy atom. The largest absolute Gasteiger partial charge is 0.426 e. The van der Waals surface area contributed by atoms with E-state index in [1.807, 2.05) is 36.4 Å². The number of nitrogens with zero attached hydrogens (tertiary/aromatic N) is 2. The fourth-order valence-corrected chi connectivity index (χ4v) is 3.79. The van der Waals surface area contributed by atoms with E-state index in [0.29, 0.717) is 19.7 Å². The van der Waals surface area contributed by atoms with Gasteiger partial charge in [0.15, 0.2) is 0 Å². The molecule has 0 aliphatic carbocycles. The molecule has 150 valence electrons. The van der Waals surface area contributed by atoms with Crippen molar-refractivity contribution in [2.45, 2.75) is 25.0 Å². The van der Waals surface area contributed by atoms with Gasteiger partial charge in [-0.05, 0) is 22.8 Å². The number of H-pyrrole nitrogens is 1. The van der Waals surface area contributed by atoms with E-state index in [4.69, 9.17) is 4.74 Å². The molecule has 1 atom stereocenters. The number of benzene rings is 2. The van der Waals surface area contributed by atoms with Gasteiger partial charge in [0.25, 0.3) is 18.6 Å². The molecule has 0 bridgehead atoms. The quantitative estimate of drug-likeness (QED) is 0.646. The van der Waals surface area contributed by atoms with E-state index >= 15 is 0 Å². The summed E-state index contributed by atoms with van der Waals surface area (Å²) in [4.78, 5) is 25.6. The van der Waals surface area contributed by atoms with Gasteiger partial charge >= 0.3 is 5.63 Å². The minimum atomic E-state index is -0.508. The van der Waals surface area contributed by atoms with Crippen LogP contribution in [0.3, 0.4) is 0 Å². The summed E-state index contributed by atoms with van der Waals surface area (Å²) >= 11 is 0. The number of rotatable bonds is 6. The van der Waals surface area contributed by atoms with Crippen molar-refractivity contribution in [3.8, 4) is 0 Å². The van der Waals surface area contributed by atoms with Gasteiger partial charge in [0.1, 0.15) is 0 Å². The minimum absolute atomic E-state index is 0.0409. The van der Waals surface area contributed by atoms with E-state index in [9.17, 15) is 9.59 Å². The second-order valence-electron chi connectivity index (χ2n) is 7.21. The van der Waals surface area contributed by atoms with Crippen molar-refractivity contribution in [1.82, 2.24) is 10.2 Å². The van der Waals surface area contributed by atoms with Gasteiger partial charge in [-0.25, -0.2) is 4.79 Å². The molecule has 1 fully saturated rings. The van der Waals surface area contributed by atoms with Crippen LogP contribution in [-0.4, -0.2) is 41.9 Å². The molecular formula is C22H24N3O4+. The van der Waals surface area contributed by atoms with Crippen LogP contribution in [0.15, 0.2) is 76.2 Å². The Morgan fingerprint density at radius 2 is 1.76 bits per heavy atom. The van der Waals surface area contributed by atoms with Gasteiger partial charge in [0.05, 0.1) is 12.7 Å². The molecule has 1 aromatic heterocycles. The molecule has 0 radical (unpaired) electrons. The highest BCUT2D eigenvalue weighted by Gasteiger charge is 2.29. The molecule has 7 nitrogen and oxygen atoms in total. The molecule has 7 heteroatoms. The normalized spacial score (nSPS) is 16.9. The van der Waals surface area contributed by atoms with Crippen molar-refractivity contribution >= 4 is 5.91 Å². The molecule has 2 aromatic carbocycles. The lowest BCUT2D eigenvalue weighted by molar-refractivity contribution is -0.751. The summed E-state index contributed by atoms with van der Waals surface area (Å²) in [6.45, 7) is 1.61. The number of morpholine rings is 1. The average Bonchev–Trinajstić information content (AvgIpc) is 3.18. The highest BCUT2D eigenvalue weighted by atomic mass is 16.5. The smallest absolute Gasteiger partial charge is 0.375 e. The van der Waals surface area contributed by atoms with Crippen molar-refractivity contribution in [2.24, 2.45) is 0 Å². The third-order valence-corrected chi connectivity index (χ3v) is 5.22. The minimum Gasteiger partial charge on any atom is -0.375 e. The number of nitrogens with one attached hydrogen (secondary N) is 1. The van der Waals surface area contributed by atoms with E-state index < -0.39 is 5.63 Å². The van der Waals surface area contributed by atoms with Gasteiger partial charge < -0.3 is 9.64 Å². The summed E-state index contributed by atoms with van der Waals surface area (Å²) in [6, 6.07) is 20.8. The molecule has 1 saturated heterocycles. The highest BCUT2D eigenvalue weighted by Crippen LogP contribution is 2.30. The maximum absolute atomic E-state index is 12.6. The third-order valence-electron chi connectivity index (χ3n) is 5.22. The third kappa shape index (κ3) is 4.81. The van der Waals surface area contributed by atoms with Crippen LogP contribution in [0.1, 0.15) is 23.5 Å². The molecule has 1 amide bonds. The first-order valence-electron chi connectivity index (χ1n) is 9.76. The summed E-state index contributed by atoms with van der Waals surface area (Å²) in [7, 11) is 0. The fourth-order valence-electron chi connectivity index (χ4n) is 3.79. The highest BCUT2D eigenvalue weighted by molar-refractivity contribution is 5.74. The Morgan fingerprint density at radius 3 is 2.34 bits per heavy atom. The molecule has 0 unspecified atom stereocenters. The number of amides is 1. The Kier molecular flexibility index (Phi) is 5.86. The van der Waals surface area contributed by atoms with Crippen LogP contribution in [0.25, 0.3) is 0 Å². The van der Waals surface area contributed by atoms with Gasteiger partial charge in [-0.15, -0.1) is 0 Å². The number of aromatic amines is 1. The molecule has 1 aliphatic heterocycles. The Labute approximate surface area is 168 Å². The molecule has 1 aliphatic rings. The maximum Gasteiger partial charge on any atom is 0.426 e. The Hall–Kier alpha value is -3.19. The number of aromatic nitrogens is 2. The van der Waals surface area contributed by atoms with Crippen LogP contribution < -0.4 is 10.3 Å². The van der Waals surface area contributed by atoms with Crippen molar-refractivity contribution in [2.75, 3.05) is 19.7 Å². The first-order valence-corrected chi connectivity index (χ1v) is 9.76. The van der Waals surface area contributed by atoms with Crippen molar-refractivity contribution in [3.05, 3.63) is 88.4 Å².